The normalized spacial score (nSPS) is 10.2. The molecule has 4 heteroatoms. The molecule has 60 valence electrons. The highest BCUT2D eigenvalue weighted by Gasteiger charge is 2.03. The Bertz CT molecular complexity index is 277. The zero-order valence-corrected chi connectivity index (χ0v) is 9.94. The van der Waals surface area contributed by atoms with E-state index in [1.807, 2.05) is 6.07 Å². The van der Waals surface area contributed by atoms with Gasteiger partial charge in [0.25, 0.3) is 0 Å². The van der Waals surface area contributed by atoms with E-state index in [-0.39, 0.29) is 6.61 Å². The Kier molecular flexibility index (Phi) is 3.61. The van der Waals surface area contributed by atoms with Crippen LogP contribution in [0.15, 0.2) is 16.6 Å². The first-order valence-corrected chi connectivity index (χ1v) is 5.14. The average Bonchev–Trinajstić information content (AvgIpc) is 1.97. The molecule has 0 saturated carbocycles. The van der Waals surface area contributed by atoms with Crippen LogP contribution in [-0.4, -0.2) is 5.11 Å². The van der Waals surface area contributed by atoms with E-state index in [0.717, 1.165) is 13.6 Å². The largest absolute Gasteiger partial charge is 0.392 e. The van der Waals surface area contributed by atoms with Crippen LogP contribution in [0.4, 0.5) is 0 Å². The third-order valence-electron chi connectivity index (χ3n) is 1.26. The fourth-order valence-corrected chi connectivity index (χ4v) is 1.92. The van der Waals surface area contributed by atoms with E-state index in [0.29, 0.717) is 5.02 Å². The molecule has 0 bridgehead atoms. The van der Waals surface area contributed by atoms with Gasteiger partial charge < -0.3 is 5.11 Å². The van der Waals surface area contributed by atoms with Gasteiger partial charge in [-0.3, -0.25) is 0 Å². The van der Waals surface area contributed by atoms with Crippen molar-refractivity contribution in [2.45, 2.75) is 6.61 Å². The van der Waals surface area contributed by atoms with E-state index < -0.39 is 0 Å². The molecule has 0 aromatic heterocycles. The van der Waals surface area contributed by atoms with Gasteiger partial charge in [-0.15, -0.1) is 0 Å². The summed E-state index contributed by atoms with van der Waals surface area (Å²) < 4.78 is 2.01. The van der Waals surface area contributed by atoms with E-state index in [1.54, 1.807) is 6.07 Å². The van der Waals surface area contributed by atoms with Crippen LogP contribution in [-0.2, 0) is 6.61 Å². The SMILES string of the molecule is OCc1cc(I)c(Br)cc1Cl. The van der Waals surface area contributed by atoms with E-state index in [1.165, 1.54) is 0 Å². The molecule has 11 heavy (non-hydrogen) atoms. The fraction of sp³-hybridized carbons (Fsp3) is 0.143. The Hall–Kier alpha value is 0.680. The number of aliphatic hydroxyl groups excluding tert-OH is 1. The van der Waals surface area contributed by atoms with Crippen LogP contribution in [0.3, 0.4) is 0 Å². The molecular weight excluding hydrogens is 342 g/mol. The van der Waals surface area contributed by atoms with E-state index in [2.05, 4.69) is 38.5 Å². The quantitative estimate of drug-likeness (QED) is 0.611. The van der Waals surface area contributed by atoms with E-state index >= 15 is 0 Å². The van der Waals surface area contributed by atoms with Crippen molar-refractivity contribution in [2.24, 2.45) is 0 Å². The molecule has 0 spiro atoms. The van der Waals surface area contributed by atoms with Crippen molar-refractivity contribution >= 4 is 50.1 Å². The standard InChI is InChI=1S/C7H5BrClIO/c8-5-2-6(9)4(3-11)1-7(5)10/h1-2,11H,3H2. The maximum absolute atomic E-state index is 8.83. The predicted octanol–water partition coefficient (Wildman–Crippen LogP) is 3.20. The zero-order chi connectivity index (χ0) is 8.43. The molecule has 0 atom stereocenters. The van der Waals surface area contributed by atoms with Crippen LogP contribution in [0.1, 0.15) is 5.56 Å². The van der Waals surface area contributed by atoms with E-state index in [4.69, 9.17) is 16.7 Å². The van der Waals surface area contributed by atoms with Crippen LogP contribution in [0, 0.1) is 3.57 Å². The molecule has 0 aliphatic heterocycles. The van der Waals surface area contributed by atoms with Crippen molar-refractivity contribution in [3.8, 4) is 0 Å². The van der Waals surface area contributed by atoms with Crippen molar-refractivity contribution in [3.05, 3.63) is 30.8 Å². The summed E-state index contributed by atoms with van der Waals surface area (Å²) in [5.74, 6) is 0. The second kappa shape index (κ2) is 4.07. The third kappa shape index (κ3) is 2.31. The van der Waals surface area contributed by atoms with E-state index in [9.17, 15) is 0 Å². The van der Waals surface area contributed by atoms with Gasteiger partial charge in [0.1, 0.15) is 0 Å². The Morgan fingerprint density at radius 3 is 2.73 bits per heavy atom. The van der Waals surface area contributed by atoms with Crippen molar-refractivity contribution in [1.29, 1.82) is 0 Å². The van der Waals surface area contributed by atoms with Gasteiger partial charge in [0.15, 0.2) is 0 Å². The monoisotopic (exact) mass is 346 g/mol. The summed E-state index contributed by atoms with van der Waals surface area (Å²) in [5.41, 5.74) is 0.763. The molecule has 0 aliphatic rings. The maximum atomic E-state index is 8.83. The second-order valence-corrected chi connectivity index (χ2v) is 4.44. The molecule has 1 N–H and O–H groups in total. The van der Waals surface area contributed by atoms with Gasteiger partial charge in [-0.2, -0.15) is 0 Å². The lowest BCUT2D eigenvalue weighted by atomic mass is 10.2. The number of halogens is 3. The number of benzene rings is 1. The number of hydrogen-bond donors (Lipinski definition) is 1. The average molecular weight is 347 g/mol. The van der Waals surface area contributed by atoms with Crippen LogP contribution in [0.5, 0.6) is 0 Å². The minimum absolute atomic E-state index is 0.0118. The highest BCUT2D eigenvalue weighted by Crippen LogP contribution is 2.26. The van der Waals surface area contributed by atoms with Crippen molar-refractivity contribution in [1.82, 2.24) is 0 Å². The third-order valence-corrected chi connectivity index (χ3v) is 3.90. The van der Waals surface area contributed by atoms with Gasteiger partial charge in [0, 0.05) is 13.1 Å². The second-order valence-electron chi connectivity index (χ2n) is 2.02. The molecule has 0 fully saturated rings. The van der Waals surface area contributed by atoms with Crippen molar-refractivity contribution in [3.63, 3.8) is 0 Å². The molecule has 0 heterocycles. The smallest absolute Gasteiger partial charge is 0.0696 e. The Morgan fingerprint density at radius 2 is 2.18 bits per heavy atom. The fourth-order valence-electron chi connectivity index (χ4n) is 0.685. The predicted molar refractivity (Wildman–Crippen MR) is 57.8 cm³/mol. The minimum atomic E-state index is -0.0118. The van der Waals surface area contributed by atoms with Crippen LogP contribution in [0.2, 0.25) is 5.02 Å². The van der Waals surface area contributed by atoms with Gasteiger partial charge >= 0.3 is 0 Å². The number of hydrogen-bond acceptors (Lipinski definition) is 1. The van der Waals surface area contributed by atoms with Gasteiger partial charge in [-0.25, -0.2) is 0 Å². The van der Waals surface area contributed by atoms with Gasteiger partial charge in [0.05, 0.1) is 6.61 Å². The highest BCUT2D eigenvalue weighted by molar-refractivity contribution is 14.1. The van der Waals surface area contributed by atoms with Gasteiger partial charge in [0.2, 0.25) is 0 Å². The highest BCUT2D eigenvalue weighted by atomic mass is 127. The number of rotatable bonds is 1. The first kappa shape index (κ1) is 9.77. The summed E-state index contributed by atoms with van der Waals surface area (Å²) >= 11 is 11.3. The lowest BCUT2D eigenvalue weighted by Gasteiger charge is -2.02. The Morgan fingerprint density at radius 1 is 1.55 bits per heavy atom. The first-order valence-electron chi connectivity index (χ1n) is 2.89. The lowest BCUT2D eigenvalue weighted by Crippen LogP contribution is -1.86. The summed E-state index contributed by atoms with van der Waals surface area (Å²) in [6.07, 6.45) is 0. The molecule has 0 aliphatic carbocycles. The summed E-state index contributed by atoms with van der Waals surface area (Å²) in [6, 6.07) is 3.64. The molecular formula is C7H5BrClIO. The Balaban J connectivity index is 3.21. The van der Waals surface area contributed by atoms with Crippen LogP contribution < -0.4 is 0 Å². The first-order chi connectivity index (χ1) is 5.15. The topological polar surface area (TPSA) is 20.2 Å². The summed E-state index contributed by atoms with van der Waals surface area (Å²) in [7, 11) is 0. The van der Waals surface area contributed by atoms with Crippen LogP contribution in [0.25, 0.3) is 0 Å². The lowest BCUT2D eigenvalue weighted by molar-refractivity contribution is 0.282. The van der Waals surface area contributed by atoms with Crippen molar-refractivity contribution in [2.75, 3.05) is 0 Å². The summed E-state index contributed by atoms with van der Waals surface area (Å²) in [6.45, 7) is -0.0118. The van der Waals surface area contributed by atoms with Gasteiger partial charge in [-0.05, 0) is 56.2 Å². The maximum Gasteiger partial charge on any atom is 0.0696 e. The number of aliphatic hydroxyl groups is 1. The summed E-state index contributed by atoms with van der Waals surface area (Å²) in [4.78, 5) is 0. The molecule has 1 aromatic rings. The zero-order valence-electron chi connectivity index (χ0n) is 5.44. The molecule has 0 radical (unpaired) electrons. The minimum Gasteiger partial charge on any atom is -0.392 e. The molecule has 1 nitrogen and oxygen atoms in total. The molecule has 1 rings (SSSR count). The van der Waals surface area contributed by atoms with Crippen LogP contribution >= 0.6 is 50.1 Å². The molecule has 0 amide bonds. The van der Waals surface area contributed by atoms with Gasteiger partial charge in [-0.1, -0.05) is 11.6 Å². The van der Waals surface area contributed by atoms with Crippen molar-refractivity contribution < 1.29 is 5.11 Å². The Labute approximate surface area is 92.0 Å². The molecule has 0 unspecified atom stereocenters. The molecule has 0 saturated heterocycles. The molecule has 1 aromatic carbocycles. The summed E-state index contributed by atoms with van der Waals surface area (Å²) in [5, 5.41) is 9.43.